The average Bonchev–Trinajstić information content (AvgIpc) is 2.94. The highest BCUT2D eigenvalue weighted by atomic mass is 16.2. The van der Waals surface area contributed by atoms with E-state index in [1.807, 2.05) is 18.7 Å². The fourth-order valence-corrected chi connectivity index (χ4v) is 3.90. The van der Waals surface area contributed by atoms with Crippen LogP contribution in [0.1, 0.15) is 30.6 Å². The summed E-state index contributed by atoms with van der Waals surface area (Å²) < 4.78 is 0. The Morgan fingerprint density at radius 2 is 2.08 bits per heavy atom. The topological polar surface area (TPSA) is 82.2 Å². The van der Waals surface area contributed by atoms with Crippen molar-refractivity contribution < 1.29 is 9.59 Å². The van der Waals surface area contributed by atoms with Crippen LogP contribution in [0.2, 0.25) is 0 Å². The number of carbonyl (C=O) groups is 2. The maximum absolute atomic E-state index is 12.4. The molecule has 0 aliphatic carbocycles. The lowest BCUT2D eigenvalue weighted by Gasteiger charge is -2.60. The standard InChI is InChI=1S/C19H23N5O2/c1-4-16(26)24-10-19(11-24)8-23(9-19)15-7-21-18-17(22-15)13(6-20-18)14(25)5-12(2)3/h4,6-7,12H,1,5,8-11H2,2-3H3,(H,20,21). The van der Waals surface area contributed by atoms with Gasteiger partial charge in [0.2, 0.25) is 5.91 Å². The molecule has 0 bridgehead atoms. The minimum absolute atomic E-state index is 0.00378. The van der Waals surface area contributed by atoms with Gasteiger partial charge in [-0.05, 0) is 12.0 Å². The summed E-state index contributed by atoms with van der Waals surface area (Å²) in [7, 11) is 0. The van der Waals surface area contributed by atoms with Crippen molar-refractivity contribution in [3.05, 3.63) is 30.6 Å². The molecule has 26 heavy (non-hydrogen) atoms. The molecular weight excluding hydrogens is 330 g/mol. The van der Waals surface area contributed by atoms with Gasteiger partial charge in [-0.2, -0.15) is 0 Å². The van der Waals surface area contributed by atoms with Gasteiger partial charge in [0.25, 0.3) is 0 Å². The van der Waals surface area contributed by atoms with Gasteiger partial charge in [-0.15, -0.1) is 0 Å². The molecule has 0 aromatic carbocycles. The molecule has 2 aromatic rings. The van der Waals surface area contributed by atoms with E-state index >= 15 is 0 Å². The maximum Gasteiger partial charge on any atom is 0.245 e. The van der Waals surface area contributed by atoms with Crippen molar-refractivity contribution in [2.24, 2.45) is 11.3 Å². The summed E-state index contributed by atoms with van der Waals surface area (Å²) in [6.07, 6.45) is 5.32. The molecule has 2 fully saturated rings. The van der Waals surface area contributed by atoms with E-state index in [0.717, 1.165) is 32.0 Å². The molecule has 0 unspecified atom stereocenters. The molecule has 2 aromatic heterocycles. The normalized spacial score (nSPS) is 18.1. The third kappa shape index (κ3) is 2.67. The highest BCUT2D eigenvalue weighted by Crippen LogP contribution is 2.41. The monoisotopic (exact) mass is 353 g/mol. The van der Waals surface area contributed by atoms with Gasteiger partial charge in [-0.25, -0.2) is 9.97 Å². The van der Waals surface area contributed by atoms with Crippen LogP contribution in [0.3, 0.4) is 0 Å². The zero-order valence-electron chi connectivity index (χ0n) is 15.2. The van der Waals surface area contributed by atoms with Gasteiger partial charge in [0.05, 0.1) is 11.8 Å². The number of aromatic amines is 1. The van der Waals surface area contributed by atoms with Crippen LogP contribution in [0, 0.1) is 11.3 Å². The number of rotatable bonds is 5. The molecule has 2 aliphatic heterocycles. The van der Waals surface area contributed by atoms with E-state index in [0.29, 0.717) is 29.1 Å². The van der Waals surface area contributed by atoms with E-state index in [4.69, 9.17) is 4.98 Å². The molecule has 1 N–H and O–H groups in total. The van der Waals surface area contributed by atoms with Crippen molar-refractivity contribution in [1.29, 1.82) is 0 Å². The number of Topliss-reactive ketones (excluding diaryl/α,β-unsaturated/α-hetero) is 1. The van der Waals surface area contributed by atoms with Crippen LogP contribution in [0.5, 0.6) is 0 Å². The Hall–Kier alpha value is -2.70. The quantitative estimate of drug-likeness (QED) is 0.657. The van der Waals surface area contributed by atoms with Gasteiger partial charge in [0, 0.05) is 44.2 Å². The van der Waals surface area contributed by atoms with Crippen LogP contribution in [0.4, 0.5) is 5.82 Å². The number of ketones is 1. The van der Waals surface area contributed by atoms with E-state index in [1.54, 1.807) is 12.4 Å². The zero-order chi connectivity index (χ0) is 18.5. The minimum Gasteiger partial charge on any atom is -0.354 e. The van der Waals surface area contributed by atoms with E-state index in [1.165, 1.54) is 6.08 Å². The van der Waals surface area contributed by atoms with Crippen LogP contribution in [0.25, 0.3) is 11.2 Å². The van der Waals surface area contributed by atoms with Crippen molar-refractivity contribution in [3.8, 4) is 0 Å². The zero-order valence-corrected chi connectivity index (χ0v) is 15.2. The summed E-state index contributed by atoms with van der Waals surface area (Å²) in [5.74, 6) is 1.18. The summed E-state index contributed by atoms with van der Waals surface area (Å²) in [5, 5.41) is 0. The van der Waals surface area contributed by atoms with Gasteiger partial charge in [0.15, 0.2) is 11.4 Å². The molecule has 1 amide bonds. The molecule has 0 atom stereocenters. The van der Waals surface area contributed by atoms with Crippen LogP contribution in [-0.4, -0.2) is 57.7 Å². The lowest BCUT2D eigenvalue weighted by Crippen LogP contribution is -2.73. The Kier molecular flexibility index (Phi) is 3.82. The molecule has 0 saturated carbocycles. The minimum atomic E-state index is -0.00378. The molecule has 136 valence electrons. The summed E-state index contributed by atoms with van der Waals surface area (Å²) in [6, 6.07) is 0. The van der Waals surface area contributed by atoms with Gasteiger partial charge >= 0.3 is 0 Å². The summed E-state index contributed by atoms with van der Waals surface area (Å²) >= 11 is 0. The molecule has 2 saturated heterocycles. The van der Waals surface area contributed by atoms with Crippen LogP contribution >= 0.6 is 0 Å². The van der Waals surface area contributed by atoms with Crippen LogP contribution in [0.15, 0.2) is 25.0 Å². The van der Waals surface area contributed by atoms with Gasteiger partial charge in [0.1, 0.15) is 11.3 Å². The third-order valence-electron chi connectivity index (χ3n) is 5.18. The fourth-order valence-electron chi connectivity index (χ4n) is 3.90. The summed E-state index contributed by atoms with van der Waals surface area (Å²) in [4.78, 5) is 40.2. The second kappa shape index (κ2) is 5.93. The second-order valence-corrected chi connectivity index (χ2v) is 7.90. The molecule has 1 spiro atoms. The lowest BCUT2D eigenvalue weighted by atomic mass is 9.73. The Morgan fingerprint density at radius 1 is 1.35 bits per heavy atom. The number of amides is 1. The van der Waals surface area contributed by atoms with E-state index in [-0.39, 0.29) is 17.1 Å². The Bertz CT molecular complexity index is 886. The van der Waals surface area contributed by atoms with Crippen molar-refractivity contribution in [2.45, 2.75) is 20.3 Å². The number of carbonyl (C=O) groups excluding carboxylic acids is 2. The maximum atomic E-state index is 12.4. The number of likely N-dealkylation sites (tertiary alicyclic amines) is 1. The van der Waals surface area contributed by atoms with Crippen molar-refractivity contribution in [1.82, 2.24) is 19.9 Å². The van der Waals surface area contributed by atoms with E-state index in [2.05, 4.69) is 21.4 Å². The second-order valence-electron chi connectivity index (χ2n) is 7.90. The smallest absolute Gasteiger partial charge is 0.245 e. The molecular formula is C19H23N5O2. The largest absolute Gasteiger partial charge is 0.354 e. The molecule has 2 aliphatic rings. The third-order valence-corrected chi connectivity index (χ3v) is 5.18. The van der Waals surface area contributed by atoms with Crippen molar-refractivity contribution in [2.75, 3.05) is 31.1 Å². The number of aromatic nitrogens is 3. The molecule has 7 nitrogen and oxygen atoms in total. The lowest BCUT2D eigenvalue weighted by molar-refractivity contribution is -0.139. The molecule has 4 rings (SSSR count). The van der Waals surface area contributed by atoms with Gasteiger partial charge < -0.3 is 14.8 Å². The molecule has 0 radical (unpaired) electrons. The highest BCUT2D eigenvalue weighted by Gasteiger charge is 2.53. The van der Waals surface area contributed by atoms with Crippen LogP contribution in [-0.2, 0) is 4.79 Å². The fraction of sp³-hybridized carbons (Fsp3) is 0.474. The molecule has 7 heteroatoms. The average molecular weight is 353 g/mol. The first-order valence-corrected chi connectivity index (χ1v) is 8.94. The van der Waals surface area contributed by atoms with Crippen molar-refractivity contribution >= 4 is 28.7 Å². The number of nitrogens with one attached hydrogen (secondary N) is 1. The first kappa shape index (κ1) is 16.8. The number of H-pyrrole nitrogens is 1. The predicted molar refractivity (Wildman–Crippen MR) is 99.1 cm³/mol. The number of anilines is 1. The van der Waals surface area contributed by atoms with Gasteiger partial charge in [-0.3, -0.25) is 9.59 Å². The number of nitrogens with zero attached hydrogens (tertiary/aromatic N) is 4. The van der Waals surface area contributed by atoms with Gasteiger partial charge in [-0.1, -0.05) is 20.4 Å². The van der Waals surface area contributed by atoms with E-state index in [9.17, 15) is 9.59 Å². The Labute approximate surface area is 152 Å². The Morgan fingerprint density at radius 3 is 2.73 bits per heavy atom. The van der Waals surface area contributed by atoms with Crippen LogP contribution < -0.4 is 4.90 Å². The number of hydrogen-bond acceptors (Lipinski definition) is 5. The van der Waals surface area contributed by atoms with E-state index < -0.39 is 0 Å². The number of hydrogen-bond donors (Lipinski definition) is 1. The highest BCUT2D eigenvalue weighted by molar-refractivity contribution is 6.06. The summed E-state index contributed by atoms with van der Waals surface area (Å²) in [6.45, 7) is 10.8. The predicted octanol–water partition coefficient (Wildman–Crippen LogP) is 2.02. The first-order chi connectivity index (χ1) is 12.4. The molecule has 4 heterocycles. The summed E-state index contributed by atoms with van der Waals surface area (Å²) in [5.41, 5.74) is 2.07. The SMILES string of the molecule is C=CC(=O)N1CC2(C1)CN(c1cnc3[nH]cc(C(=O)CC(C)C)c3n1)C2. The Balaban J connectivity index is 1.48. The van der Waals surface area contributed by atoms with Crippen molar-refractivity contribution in [3.63, 3.8) is 0 Å². The number of fused-ring (bicyclic) bond motifs is 1. The first-order valence-electron chi connectivity index (χ1n) is 8.94.